The maximum atomic E-state index is 4.65. The van der Waals surface area contributed by atoms with Crippen molar-refractivity contribution in [1.29, 1.82) is 0 Å². The van der Waals surface area contributed by atoms with Crippen molar-refractivity contribution >= 4 is 5.82 Å². The summed E-state index contributed by atoms with van der Waals surface area (Å²) in [5, 5.41) is 3.34. The van der Waals surface area contributed by atoms with E-state index in [4.69, 9.17) is 0 Å². The molecule has 106 valence electrons. The van der Waals surface area contributed by atoms with Gasteiger partial charge in [-0.3, -0.25) is 4.98 Å². The lowest BCUT2D eigenvalue weighted by Gasteiger charge is -2.11. The molecule has 2 aromatic rings. The minimum atomic E-state index is 0.391. The highest BCUT2D eigenvalue weighted by Gasteiger charge is 2.08. The van der Waals surface area contributed by atoms with Crippen molar-refractivity contribution in [3.05, 3.63) is 47.7 Å². The number of aromatic nitrogens is 3. The second-order valence-corrected chi connectivity index (χ2v) is 5.17. The van der Waals surface area contributed by atoms with Crippen molar-refractivity contribution in [2.24, 2.45) is 0 Å². The van der Waals surface area contributed by atoms with E-state index in [1.807, 2.05) is 24.3 Å². The molecule has 2 heterocycles. The number of nitrogens with zero attached hydrogens (tertiary/aromatic N) is 3. The van der Waals surface area contributed by atoms with Crippen LogP contribution in [0.4, 0.5) is 5.82 Å². The highest BCUT2D eigenvalue weighted by molar-refractivity contribution is 5.37. The van der Waals surface area contributed by atoms with Crippen molar-refractivity contribution in [1.82, 2.24) is 15.0 Å². The second kappa shape index (κ2) is 6.98. The average Bonchev–Trinajstić information content (AvgIpc) is 2.46. The maximum absolute atomic E-state index is 4.65. The molecule has 4 nitrogen and oxygen atoms in total. The topological polar surface area (TPSA) is 50.7 Å². The standard InChI is InChI=1S/C16H22N4/c1-4-8-18-15-11-14(12(2)3)19-16(20-15)10-13-7-5-6-9-17-13/h5-7,9,11-12H,4,8,10H2,1-3H3,(H,18,19,20). The summed E-state index contributed by atoms with van der Waals surface area (Å²) in [4.78, 5) is 13.6. The Bertz CT molecular complexity index is 537. The quantitative estimate of drug-likeness (QED) is 0.874. The first-order chi connectivity index (χ1) is 9.69. The van der Waals surface area contributed by atoms with Gasteiger partial charge >= 0.3 is 0 Å². The first kappa shape index (κ1) is 14.4. The van der Waals surface area contributed by atoms with Gasteiger partial charge < -0.3 is 5.32 Å². The molecule has 0 fully saturated rings. The van der Waals surface area contributed by atoms with Gasteiger partial charge in [0.25, 0.3) is 0 Å². The molecule has 0 aromatic carbocycles. The molecule has 0 saturated carbocycles. The monoisotopic (exact) mass is 270 g/mol. The fraction of sp³-hybridized carbons (Fsp3) is 0.438. The van der Waals surface area contributed by atoms with Gasteiger partial charge in [0.15, 0.2) is 0 Å². The summed E-state index contributed by atoms with van der Waals surface area (Å²) < 4.78 is 0. The SMILES string of the molecule is CCCNc1cc(C(C)C)nc(Cc2ccccn2)n1. The summed E-state index contributed by atoms with van der Waals surface area (Å²) in [6.45, 7) is 7.37. The molecular formula is C16H22N4. The highest BCUT2D eigenvalue weighted by atomic mass is 15.0. The number of pyridine rings is 1. The first-order valence-electron chi connectivity index (χ1n) is 7.20. The molecule has 0 radical (unpaired) electrons. The predicted octanol–water partition coefficient (Wildman–Crippen LogP) is 3.41. The first-order valence-corrected chi connectivity index (χ1v) is 7.20. The Morgan fingerprint density at radius 1 is 1.20 bits per heavy atom. The molecule has 0 aliphatic rings. The molecule has 0 saturated heterocycles. The lowest BCUT2D eigenvalue weighted by molar-refractivity contribution is 0.787. The molecule has 0 aliphatic heterocycles. The van der Waals surface area contributed by atoms with E-state index in [2.05, 4.69) is 41.0 Å². The van der Waals surface area contributed by atoms with E-state index in [9.17, 15) is 0 Å². The van der Waals surface area contributed by atoms with Gasteiger partial charge in [-0.2, -0.15) is 0 Å². The van der Waals surface area contributed by atoms with Crippen LogP contribution >= 0.6 is 0 Å². The van der Waals surface area contributed by atoms with Crippen LogP contribution in [0.5, 0.6) is 0 Å². The lowest BCUT2D eigenvalue weighted by Crippen LogP contribution is -2.08. The Morgan fingerprint density at radius 3 is 2.70 bits per heavy atom. The van der Waals surface area contributed by atoms with Crippen LogP contribution in [0.3, 0.4) is 0 Å². The zero-order valence-corrected chi connectivity index (χ0v) is 12.4. The van der Waals surface area contributed by atoms with Crippen molar-refractivity contribution in [2.75, 3.05) is 11.9 Å². The number of hydrogen-bond donors (Lipinski definition) is 1. The van der Waals surface area contributed by atoms with Crippen LogP contribution in [0.2, 0.25) is 0 Å². The Morgan fingerprint density at radius 2 is 2.05 bits per heavy atom. The van der Waals surface area contributed by atoms with Crippen LogP contribution < -0.4 is 5.32 Å². The molecule has 0 atom stereocenters. The summed E-state index contributed by atoms with van der Waals surface area (Å²) in [6.07, 6.45) is 3.55. The van der Waals surface area contributed by atoms with Gasteiger partial charge in [0.05, 0.1) is 6.42 Å². The van der Waals surface area contributed by atoms with E-state index in [-0.39, 0.29) is 0 Å². The molecular weight excluding hydrogens is 248 g/mol. The fourth-order valence-electron chi connectivity index (χ4n) is 1.90. The van der Waals surface area contributed by atoms with Crippen LogP contribution in [0.25, 0.3) is 0 Å². The number of nitrogens with one attached hydrogen (secondary N) is 1. The largest absolute Gasteiger partial charge is 0.370 e. The number of hydrogen-bond acceptors (Lipinski definition) is 4. The molecule has 0 aliphatic carbocycles. The lowest BCUT2D eigenvalue weighted by atomic mass is 10.1. The summed E-state index contributed by atoms with van der Waals surface area (Å²) in [5.74, 6) is 2.13. The van der Waals surface area contributed by atoms with Gasteiger partial charge in [0.2, 0.25) is 0 Å². The normalized spacial score (nSPS) is 10.8. The minimum absolute atomic E-state index is 0.391. The number of anilines is 1. The zero-order chi connectivity index (χ0) is 14.4. The smallest absolute Gasteiger partial charge is 0.136 e. The van der Waals surface area contributed by atoms with Crippen LogP contribution in [0.1, 0.15) is 50.3 Å². The third-order valence-electron chi connectivity index (χ3n) is 3.01. The van der Waals surface area contributed by atoms with Crippen molar-refractivity contribution in [3.8, 4) is 0 Å². The van der Waals surface area contributed by atoms with E-state index >= 15 is 0 Å². The summed E-state index contributed by atoms with van der Waals surface area (Å²) in [6, 6.07) is 7.96. The molecule has 0 amide bonds. The predicted molar refractivity (Wildman–Crippen MR) is 81.9 cm³/mol. The third-order valence-corrected chi connectivity index (χ3v) is 3.01. The highest BCUT2D eigenvalue weighted by Crippen LogP contribution is 2.16. The van der Waals surface area contributed by atoms with Gasteiger partial charge in [-0.1, -0.05) is 26.8 Å². The average molecular weight is 270 g/mol. The van der Waals surface area contributed by atoms with Crippen LogP contribution in [0, 0.1) is 0 Å². The maximum Gasteiger partial charge on any atom is 0.136 e. The van der Waals surface area contributed by atoms with Gasteiger partial charge in [0.1, 0.15) is 11.6 Å². The fourth-order valence-corrected chi connectivity index (χ4v) is 1.90. The minimum Gasteiger partial charge on any atom is -0.370 e. The molecule has 2 aromatic heterocycles. The molecule has 0 spiro atoms. The van der Waals surface area contributed by atoms with Crippen LogP contribution in [-0.2, 0) is 6.42 Å². The summed E-state index contributed by atoms with van der Waals surface area (Å²) in [7, 11) is 0. The van der Waals surface area contributed by atoms with E-state index < -0.39 is 0 Å². The Hall–Kier alpha value is -1.97. The van der Waals surface area contributed by atoms with Gasteiger partial charge in [-0.25, -0.2) is 9.97 Å². The third kappa shape index (κ3) is 4.02. The van der Waals surface area contributed by atoms with Crippen molar-refractivity contribution in [2.45, 2.75) is 39.5 Å². The van der Waals surface area contributed by atoms with Gasteiger partial charge in [0, 0.05) is 30.2 Å². The second-order valence-electron chi connectivity index (χ2n) is 5.17. The Balaban J connectivity index is 2.24. The molecule has 2 rings (SSSR count). The zero-order valence-electron chi connectivity index (χ0n) is 12.4. The summed E-state index contributed by atoms with van der Waals surface area (Å²) in [5.41, 5.74) is 2.07. The number of rotatable bonds is 6. The van der Waals surface area contributed by atoms with Crippen molar-refractivity contribution in [3.63, 3.8) is 0 Å². The van der Waals surface area contributed by atoms with Gasteiger partial charge in [-0.15, -0.1) is 0 Å². The molecule has 0 bridgehead atoms. The van der Waals surface area contributed by atoms with Crippen LogP contribution in [0.15, 0.2) is 30.5 Å². The van der Waals surface area contributed by atoms with Crippen molar-refractivity contribution < 1.29 is 0 Å². The molecule has 20 heavy (non-hydrogen) atoms. The summed E-state index contributed by atoms with van der Waals surface area (Å²) >= 11 is 0. The van der Waals surface area contributed by atoms with E-state index in [0.717, 1.165) is 36.0 Å². The molecule has 0 unspecified atom stereocenters. The molecule has 4 heteroatoms. The Labute approximate surface area is 120 Å². The van der Waals surface area contributed by atoms with Gasteiger partial charge in [-0.05, 0) is 24.5 Å². The van der Waals surface area contributed by atoms with E-state index in [0.29, 0.717) is 12.3 Å². The molecule has 1 N–H and O–H groups in total. The Kier molecular flexibility index (Phi) is 5.04. The van der Waals surface area contributed by atoms with E-state index in [1.54, 1.807) is 6.20 Å². The van der Waals surface area contributed by atoms with E-state index in [1.165, 1.54) is 0 Å². The van der Waals surface area contributed by atoms with Crippen LogP contribution in [-0.4, -0.2) is 21.5 Å².